The highest BCUT2D eigenvalue weighted by Crippen LogP contribution is 2.12. The summed E-state index contributed by atoms with van der Waals surface area (Å²) in [7, 11) is -1.34. The third kappa shape index (κ3) is 5.08. The van der Waals surface area contributed by atoms with Gasteiger partial charge in [0.2, 0.25) is 10.0 Å². The molecule has 6 nitrogen and oxygen atoms in total. The molecule has 0 aliphatic heterocycles. The summed E-state index contributed by atoms with van der Waals surface area (Å²) >= 11 is 0. The Morgan fingerprint density at radius 2 is 1.69 bits per heavy atom. The minimum Gasteiger partial charge on any atom is -0.377 e. The molecule has 0 saturated carbocycles. The van der Waals surface area contributed by atoms with Gasteiger partial charge in [0, 0.05) is 33.6 Å². The normalized spacial score (nSPS) is 13.2. The maximum Gasteiger partial charge on any atom is 0.504 e. The zero-order valence-corrected chi connectivity index (χ0v) is 11.8. The Labute approximate surface area is 98.0 Å². The van der Waals surface area contributed by atoms with Crippen LogP contribution in [-0.2, 0) is 23.3 Å². The van der Waals surface area contributed by atoms with Crippen LogP contribution in [0.2, 0.25) is 6.04 Å². The number of nitrogens with one attached hydrogen (secondary N) is 1. The number of allylic oxidation sites excluding steroid dienone is 1. The SMILES string of the molecule is CCS(=O)(=O)NC=CC[Si](OC)(OC)OC. The van der Waals surface area contributed by atoms with Crippen LogP contribution in [0.25, 0.3) is 0 Å². The first kappa shape index (κ1) is 15.6. The van der Waals surface area contributed by atoms with Crippen LogP contribution in [0.15, 0.2) is 12.3 Å². The van der Waals surface area contributed by atoms with Crippen molar-refractivity contribution in [2.45, 2.75) is 13.0 Å². The van der Waals surface area contributed by atoms with Gasteiger partial charge in [-0.2, -0.15) is 0 Å². The average molecular weight is 269 g/mol. The summed E-state index contributed by atoms with van der Waals surface area (Å²) in [4.78, 5) is 0. The Kier molecular flexibility index (Phi) is 6.84. The van der Waals surface area contributed by atoms with E-state index in [9.17, 15) is 8.42 Å². The summed E-state index contributed by atoms with van der Waals surface area (Å²) in [5, 5.41) is 0. The maximum atomic E-state index is 11.1. The van der Waals surface area contributed by atoms with Crippen LogP contribution in [0.1, 0.15) is 6.92 Å². The second kappa shape index (κ2) is 7.02. The molecular weight excluding hydrogens is 250 g/mol. The number of hydrogen-bond acceptors (Lipinski definition) is 5. The fraction of sp³-hybridized carbons (Fsp3) is 0.750. The molecule has 0 bridgehead atoms. The van der Waals surface area contributed by atoms with Crippen molar-refractivity contribution < 1.29 is 21.7 Å². The van der Waals surface area contributed by atoms with E-state index in [1.54, 1.807) is 13.0 Å². The first-order valence-corrected chi connectivity index (χ1v) is 8.34. The van der Waals surface area contributed by atoms with Crippen molar-refractivity contribution in [3.8, 4) is 0 Å². The Balaban J connectivity index is 4.27. The molecule has 0 fully saturated rings. The molecule has 1 N–H and O–H groups in total. The molecule has 0 amide bonds. The van der Waals surface area contributed by atoms with E-state index in [-0.39, 0.29) is 5.75 Å². The fourth-order valence-corrected chi connectivity index (χ4v) is 2.82. The third-order valence-electron chi connectivity index (χ3n) is 2.05. The molecule has 16 heavy (non-hydrogen) atoms. The van der Waals surface area contributed by atoms with E-state index in [1.165, 1.54) is 27.5 Å². The van der Waals surface area contributed by atoms with Gasteiger partial charge in [-0.15, -0.1) is 0 Å². The monoisotopic (exact) mass is 269 g/mol. The minimum atomic E-state index is -3.20. The predicted molar refractivity (Wildman–Crippen MR) is 63.3 cm³/mol. The molecule has 0 spiro atoms. The molecule has 0 atom stereocenters. The van der Waals surface area contributed by atoms with Gasteiger partial charge in [0.25, 0.3) is 0 Å². The van der Waals surface area contributed by atoms with Gasteiger partial charge >= 0.3 is 8.80 Å². The quantitative estimate of drug-likeness (QED) is 0.642. The van der Waals surface area contributed by atoms with Gasteiger partial charge in [0.1, 0.15) is 0 Å². The average Bonchev–Trinajstić information content (AvgIpc) is 2.30. The van der Waals surface area contributed by atoms with Crippen LogP contribution in [-0.4, -0.2) is 44.3 Å². The van der Waals surface area contributed by atoms with Crippen molar-refractivity contribution in [2.75, 3.05) is 27.1 Å². The van der Waals surface area contributed by atoms with Crippen molar-refractivity contribution in [1.29, 1.82) is 0 Å². The smallest absolute Gasteiger partial charge is 0.377 e. The van der Waals surface area contributed by atoms with Gasteiger partial charge in [-0.1, -0.05) is 6.08 Å². The molecule has 0 saturated heterocycles. The van der Waals surface area contributed by atoms with Gasteiger partial charge < -0.3 is 13.3 Å². The Hall–Kier alpha value is -0.413. The van der Waals surface area contributed by atoms with Gasteiger partial charge in [0.15, 0.2) is 0 Å². The lowest BCUT2D eigenvalue weighted by atomic mass is 10.7. The van der Waals surface area contributed by atoms with Gasteiger partial charge in [0.05, 0.1) is 5.75 Å². The second-order valence-corrected chi connectivity index (χ2v) is 7.96. The van der Waals surface area contributed by atoms with Crippen molar-refractivity contribution >= 4 is 18.8 Å². The summed E-state index contributed by atoms with van der Waals surface area (Å²) in [5.41, 5.74) is 0. The summed E-state index contributed by atoms with van der Waals surface area (Å²) in [6.45, 7) is 1.56. The summed E-state index contributed by atoms with van der Waals surface area (Å²) in [6.07, 6.45) is 2.98. The zero-order valence-electron chi connectivity index (χ0n) is 10.0. The standard InChI is InChI=1S/C8H19NO5SSi/c1-5-15(10,11)9-7-6-8-16(12-2,13-3)14-4/h6-7,9H,5,8H2,1-4H3. The van der Waals surface area contributed by atoms with Crippen molar-refractivity contribution in [3.05, 3.63) is 12.3 Å². The van der Waals surface area contributed by atoms with Crippen LogP contribution in [0.3, 0.4) is 0 Å². The van der Waals surface area contributed by atoms with Crippen LogP contribution in [0.5, 0.6) is 0 Å². The fourth-order valence-electron chi connectivity index (χ4n) is 0.938. The molecular formula is C8H19NO5SSi. The topological polar surface area (TPSA) is 73.9 Å². The number of sulfonamides is 1. The summed E-state index contributed by atoms with van der Waals surface area (Å²) in [6, 6.07) is 0.405. The van der Waals surface area contributed by atoms with E-state index in [1.807, 2.05) is 0 Å². The summed E-state index contributed by atoms with van der Waals surface area (Å²) in [5.74, 6) is 0.0404. The lowest BCUT2D eigenvalue weighted by Crippen LogP contribution is -2.42. The molecule has 0 aliphatic rings. The molecule has 0 heterocycles. The predicted octanol–water partition coefficient (Wildman–Crippen LogP) is 0.317. The van der Waals surface area contributed by atoms with E-state index in [2.05, 4.69) is 4.72 Å². The molecule has 0 aromatic carbocycles. The summed E-state index contributed by atoms with van der Waals surface area (Å²) < 4.78 is 40.0. The highest BCUT2D eigenvalue weighted by Gasteiger charge is 2.36. The maximum absolute atomic E-state index is 11.1. The van der Waals surface area contributed by atoms with E-state index >= 15 is 0 Å². The van der Waals surface area contributed by atoms with Crippen molar-refractivity contribution in [1.82, 2.24) is 4.72 Å². The second-order valence-electron chi connectivity index (χ2n) is 2.92. The van der Waals surface area contributed by atoms with E-state index in [0.29, 0.717) is 6.04 Å². The van der Waals surface area contributed by atoms with Crippen LogP contribution >= 0.6 is 0 Å². The molecule has 0 unspecified atom stereocenters. The van der Waals surface area contributed by atoms with E-state index in [0.717, 1.165) is 0 Å². The molecule has 96 valence electrons. The van der Waals surface area contributed by atoms with Gasteiger partial charge in [-0.05, 0) is 6.92 Å². The van der Waals surface area contributed by atoms with E-state index in [4.69, 9.17) is 13.3 Å². The van der Waals surface area contributed by atoms with Gasteiger partial charge in [-0.3, -0.25) is 4.72 Å². The Morgan fingerprint density at radius 3 is 2.06 bits per heavy atom. The Morgan fingerprint density at radius 1 is 1.19 bits per heavy atom. The third-order valence-corrected chi connectivity index (χ3v) is 5.90. The zero-order chi connectivity index (χ0) is 12.7. The first-order chi connectivity index (χ1) is 7.45. The lowest BCUT2D eigenvalue weighted by Gasteiger charge is -2.22. The minimum absolute atomic E-state index is 0.0404. The molecule has 0 aromatic heterocycles. The van der Waals surface area contributed by atoms with Gasteiger partial charge in [-0.25, -0.2) is 8.42 Å². The molecule has 0 rings (SSSR count). The van der Waals surface area contributed by atoms with Crippen LogP contribution in [0, 0.1) is 0 Å². The van der Waals surface area contributed by atoms with Crippen molar-refractivity contribution in [3.63, 3.8) is 0 Å². The van der Waals surface area contributed by atoms with Crippen LogP contribution in [0.4, 0.5) is 0 Å². The molecule has 0 aliphatic carbocycles. The molecule has 0 radical (unpaired) electrons. The van der Waals surface area contributed by atoms with Crippen LogP contribution < -0.4 is 4.72 Å². The van der Waals surface area contributed by atoms with Crippen molar-refractivity contribution in [2.24, 2.45) is 0 Å². The number of rotatable bonds is 8. The lowest BCUT2D eigenvalue weighted by molar-refractivity contribution is 0.127. The highest BCUT2D eigenvalue weighted by atomic mass is 32.2. The first-order valence-electron chi connectivity index (χ1n) is 4.75. The largest absolute Gasteiger partial charge is 0.504 e. The van der Waals surface area contributed by atoms with E-state index < -0.39 is 18.8 Å². The molecule has 0 aromatic rings. The molecule has 8 heteroatoms. The number of hydrogen-bond donors (Lipinski definition) is 1. The highest BCUT2D eigenvalue weighted by molar-refractivity contribution is 7.89. The Bertz CT molecular complexity index is 304.